The van der Waals surface area contributed by atoms with Crippen LogP contribution in [0.5, 0.6) is 0 Å². The Hall–Kier alpha value is -1.03. The molecule has 1 saturated heterocycles. The lowest BCUT2D eigenvalue weighted by Crippen LogP contribution is -2.35. The van der Waals surface area contributed by atoms with Crippen molar-refractivity contribution in [2.45, 2.75) is 45.2 Å². The van der Waals surface area contributed by atoms with Crippen LogP contribution in [0, 0.1) is 5.41 Å². The minimum Gasteiger partial charge on any atom is -0.384 e. The Balaban J connectivity index is 2.50. The average molecular weight is 310 g/mol. The first-order valence-corrected chi connectivity index (χ1v) is 7.26. The first-order chi connectivity index (χ1) is 8.56. The third-order valence-corrected chi connectivity index (χ3v) is 4.46. The third-order valence-electron chi connectivity index (χ3n) is 3.80. The van der Waals surface area contributed by atoms with Gasteiger partial charge in [-0.1, -0.05) is 13.0 Å². The smallest absolute Gasteiger partial charge is 0.126 e. The van der Waals surface area contributed by atoms with Crippen LogP contribution in [0.25, 0.3) is 0 Å². The van der Waals surface area contributed by atoms with Crippen LogP contribution in [0.2, 0.25) is 0 Å². The molecule has 98 valence electrons. The van der Waals surface area contributed by atoms with Gasteiger partial charge in [0.1, 0.15) is 5.84 Å². The second-order valence-electron chi connectivity index (χ2n) is 4.94. The van der Waals surface area contributed by atoms with Crippen molar-refractivity contribution in [1.29, 1.82) is 5.41 Å². The van der Waals surface area contributed by atoms with Crippen LogP contribution in [0.1, 0.15) is 38.7 Å². The maximum atomic E-state index is 7.79. The molecule has 0 saturated carbocycles. The summed E-state index contributed by atoms with van der Waals surface area (Å²) in [5, 5.41) is 7.79. The molecule has 0 aromatic heterocycles. The molecule has 2 atom stereocenters. The van der Waals surface area contributed by atoms with E-state index in [-0.39, 0.29) is 5.84 Å². The van der Waals surface area contributed by atoms with Crippen molar-refractivity contribution < 1.29 is 0 Å². The number of amidine groups is 1. The van der Waals surface area contributed by atoms with Crippen LogP contribution >= 0.6 is 15.9 Å². The fourth-order valence-corrected chi connectivity index (χ4v) is 3.47. The zero-order chi connectivity index (χ0) is 13.3. The lowest BCUT2D eigenvalue weighted by atomic mass is 10.1. The number of halogens is 1. The minimum atomic E-state index is 0.131. The second-order valence-corrected chi connectivity index (χ2v) is 5.80. The van der Waals surface area contributed by atoms with Crippen molar-refractivity contribution in [3.63, 3.8) is 0 Å². The van der Waals surface area contributed by atoms with Gasteiger partial charge in [-0.3, -0.25) is 5.41 Å². The van der Waals surface area contributed by atoms with Gasteiger partial charge in [-0.25, -0.2) is 0 Å². The number of rotatable bonds is 3. The zero-order valence-corrected chi connectivity index (χ0v) is 12.5. The summed E-state index contributed by atoms with van der Waals surface area (Å²) in [5.74, 6) is 0.131. The number of benzene rings is 1. The van der Waals surface area contributed by atoms with E-state index in [1.54, 1.807) is 0 Å². The van der Waals surface area contributed by atoms with E-state index >= 15 is 0 Å². The Morgan fingerprint density at radius 3 is 2.83 bits per heavy atom. The second kappa shape index (κ2) is 5.31. The Bertz CT molecular complexity index is 458. The summed E-state index contributed by atoms with van der Waals surface area (Å²) in [6.45, 7) is 4.47. The van der Waals surface area contributed by atoms with Crippen molar-refractivity contribution in [1.82, 2.24) is 0 Å². The van der Waals surface area contributed by atoms with Crippen molar-refractivity contribution in [3.8, 4) is 0 Å². The standard InChI is InChI=1S/C14H20BrN3/c1-3-10-8-7-9(2)18(10)12-6-4-5-11(15)13(12)14(16)17/h4-6,9-10H,3,7-8H2,1-2H3,(H3,16,17). The third kappa shape index (κ3) is 2.26. The molecule has 4 heteroatoms. The van der Waals surface area contributed by atoms with E-state index in [1.807, 2.05) is 12.1 Å². The molecule has 1 aromatic rings. The molecule has 0 bridgehead atoms. The summed E-state index contributed by atoms with van der Waals surface area (Å²) in [6, 6.07) is 7.12. The fraction of sp³-hybridized carbons (Fsp3) is 0.500. The Morgan fingerprint density at radius 1 is 1.50 bits per heavy atom. The maximum Gasteiger partial charge on any atom is 0.126 e. The Labute approximate surface area is 117 Å². The molecule has 18 heavy (non-hydrogen) atoms. The monoisotopic (exact) mass is 309 g/mol. The fourth-order valence-electron chi connectivity index (χ4n) is 2.90. The molecule has 1 aromatic carbocycles. The summed E-state index contributed by atoms with van der Waals surface area (Å²) in [7, 11) is 0. The summed E-state index contributed by atoms with van der Waals surface area (Å²) >= 11 is 3.51. The SMILES string of the molecule is CCC1CCC(C)N1c1cccc(Br)c1C(=N)N. The molecule has 0 amide bonds. The van der Waals surface area contributed by atoms with Crippen molar-refractivity contribution in [2.24, 2.45) is 5.73 Å². The topological polar surface area (TPSA) is 53.1 Å². The molecule has 0 aliphatic carbocycles. The quantitative estimate of drug-likeness (QED) is 0.663. The van der Waals surface area contributed by atoms with Gasteiger partial charge in [-0.05, 0) is 54.2 Å². The first-order valence-electron chi connectivity index (χ1n) is 6.47. The number of nitrogens with zero attached hydrogens (tertiary/aromatic N) is 1. The van der Waals surface area contributed by atoms with Gasteiger partial charge in [0.25, 0.3) is 0 Å². The summed E-state index contributed by atoms with van der Waals surface area (Å²) in [5.41, 5.74) is 7.66. The van der Waals surface area contributed by atoms with Gasteiger partial charge in [0, 0.05) is 22.2 Å². The van der Waals surface area contributed by atoms with Crippen LogP contribution in [0.4, 0.5) is 5.69 Å². The molecule has 0 radical (unpaired) electrons. The highest BCUT2D eigenvalue weighted by Gasteiger charge is 2.31. The average Bonchev–Trinajstić information content (AvgIpc) is 2.69. The van der Waals surface area contributed by atoms with E-state index in [0.29, 0.717) is 12.1 Å². The highest BCUT2D eigenvalue weighted by molar-refractivity contribution is 9.10. The predicted molar refractivity (Wildman–Crippen MR) is 80.4 cm³/mol. The number of hydrogen-bond acceptors (Lipinski definition) is 2. The molecular formula is C14H20BrN3. The van der Waals surface area contributed by atoms with Crippen molar-refractivity contribution in [3.05, 3.63) is 28.2 Å². The van der Waals surface area contributed by atoms with E-state index in [1.165, 1.54) is 12.8 Å². The first kappa shape index (κ1) is 13.4. The number of nitrogens with two attached hydrogens (primary N) is 1. The van der Waals surface area contributed by atoms with Crippen molar-refractivity contribution in [2.75, 3.05) is 4.90 Å². The molecule has 1 heterocycles. The van der Waals surface area contributed by atoms with Crippen LogP contribution in [-0.2, 0) is 0 Å². The zero-order valence-electron chi connectivity index (χ0n) is 10.9. The van der Waals surface area contributed by atoms with Gasteiger partial charge >= 0.3 is 0 Å². The Morgan fingerprint density at radius 2 is 2.22 bits per heavy atom. The normalized spacial score (nSPS) is 23.4. The number of anilines is 1. The van der Waals surface area contributed by atoms with E-state index < -0.39 is 0 Å². The highest BCUT2D eigenvalue weighted by atomic mass is 79.9. The molecule has 1 fully saturated rings. The van der Waals surface area contributed by atoms with Crippen LogP contribution in [0.15, 0.2) is 22.7 Å². The molecule has 1 aliphatic rings. The van der Waals surface area contributed by atoms with E-state index in [4.69, 9.17) is 11.1 Å². The van der Waals surface area contributed by atoms with Gasteiger partial charge < -0.3 is 10.6 Å². The number of nitrogens with one attached hydrogen (secondary N) is 1. The molecule has 2 rings (SSSR count). The Kier molecular flexibility index (Phi) is 3.95. The molecule has 2 unspecified atom stereocenters. The van der Waals surface area contributed by atoms with Gasteiger partial charge in [0.2, 0.25) is 0 Å². The van der Waals surface area contributed by atoms with Crippen molar-refractivity contribution >= 4 is 27.5 Å². The lowest BCUT2D eigenvalue weighted by molar-refractivity contribution is 0.627. The van der Waals surface area contributed by atoms with Gasteiger partial charge in [-0.2, -0.15) is 0 Å². The number of hydrogen-bond donors (Lipinski definition) is 2. The van der Waals surface area contributed by atoms with E-state index in [9.17, 15) is 0 Å². The van der Waals surface area contributed by atoms with Crippen LogP contribution in [-0.4, -0.2) is 17.9 Å². The summed E-state index contributed by atoms with van der Waals surface area (Å²) in [6.07, 6.45) is 3.57. The summed E-state index contributed by atoms with van der Waals surface area (Å²) in [4.78, 5) is 2.43. The van der Waals surface area contributed by atoms with Crippen LogP contribution < -0.4 is 10.6 Å². The molecule has 3 N–H and O–H groups in total. The van der Waals surface area contributed by atoms with Crippen LogP contribution in [0.3, 0.4) is 0 Å². The predicted octanol–water partition coefficient (Wildman–Crippen LogP) is 3.50. The largest absolute Gasteiger partial charge is 0.384 e. The van der Waals surface area contributed by atoms with E-state index in [2.05, 4.69) is 40.7 Å². The molecule has 0 spiro atoms. The van der Waals surface area contributed by atoms with Gasteiger partial charge in [0.05, 0.1) is 5.56 Å². The minimum absolute atomic E-state index is 0.131. The lowest BCUT2D eigenvalue weighted by Gasteiger charge is -2.32. The van der Waals surface area contributed by atoms with Gasteiger partial charge in [-0.15, -0.1) is 0 Å². The maximum absolute atomic E-state index is 7.79. The summed E-state index contributed by atoms with van der Waals surface area (Å²) < 4.78 is 0.904. The number of nitrogen functional groups attached to an aromatic ring is 1. The van der Waals surface area contributed by atoms with E-state index in [0.717, 1.165) is 22.1 Å². The highest BCUT2D eigenvalue weighted by Crippen LogP contribution is 2.36. The molecule has 3 nitrogen and oxygen atoms in total. The molecular weight excluding hydrogens is 290 g/mol. The molecule has 1 aliphatic heterocycles. The van der Waals surface area contributed by atoms with Gasteiger partial charge in [0.15, 0.2) is 0 Å².